The van der Waals surface area contributed by atoms with Gasteiger partial charge in [0.05, 0.1) is 12.8 Å². The summed E-state index contributed by atoms with van der Waals surface area (Å²) in [5, 5.41) is 12.1. The monoisotopic (exact) mass is 243 g/mol. The normalized spacial score (nSPS) is 9.83. The van der Waals surface area contributed by atoms with Crippen LogP contribution >= 0.6 is 0 Å². The van der Waals surface area contributed by atoms with Gasteiger partial charge in [-0.3, -0.25) is 4.79 Å². The number of rotatable bonds is 3. The standard InChI is InChI=1S/C14H13NO3/c1-18-13-8-3-2-7-12(13)15-14(17)10-5-4-6-11(16)9-10/h2-9,16H,1H3,(H,15,17). The van der Waals surface area contributed by atoms with E-state index in [0.29, 0.717) is 17.0 Å². The second-order valence-corrected chi connectivity index (χ2v) is 3.70. The SMILES string of the molecule is COc1ccccc1NC(=O)c1cccc(O)c1. The number of phenols is 1. The van der Waals surface area contributed by atoms with Gasteiger partial charge in [0.25, 0.3) is 5.91 Å². The predicted octanol–water partition coefficient (Wildman–Crippen LogP) is 2.65. The minimum Gasteiger partial charge on any atom is -0.508 e. The number of para-hydroxylation sites is 2. The molecule has 0 aromatic heterocycles. The number of anilines is 1. The molecule has 0 aliphatic rings. The largest absolute Gasteiger partial charge is 0.508 e. The lowest BCUT2D eigenvalue weighted by Crippen LogP contribution is -2.12. The van der Waals surface area contributed by atoms with Crippen LogP contribution in [0.15, 0.2) is 48.5 Å². The van der Waals surface area contributed by atoms with Crippen molar-refractivity contribution in [1.82, 2.24) is 0 Å². The van der Waals surface area contributed by atoms with Gasteiger partial charge in [-0.25, -0.2) is 0 Å². The Bertz CT molecular complexity index is 566. The summed E-state index contributed by atoms with van der Waals surface area (Å²) in [5.41, 5.74) is 0.981. The molecule has 0 fully saturated rings. The molecule has 4 nitrogen and oxygen atoms in total. The molecule has 0 spiro atoms. The molecule has 2 aromatic carbocycles. The Hall–Kier alpha value is -2.49. The Kier molecular flexibility index (Phi) is 3.48. The molecule has 4 heteroatoms. The number of hydrogen-bond acceptors (Lipinski definition) is 3. The zero-order chi connectivity index (χ0) is 13.0. The zero-order valence-corrected chi connectivity index (χ0v) is 9.88. The molecule has 0 saturated heterocycles. The number of hydrogen-bond donors (Lipinski definition) is 2. The third kappa shape index (κ3) is 2.60. The van der Waals surface area contributed by atoms with Crippen LogP contribution in [0.3, 0.4) is 0 Å². The highest BCUT2D eigenvalue weighted by Crippen LogP contribution is 2.24. The summed E-state index contributed by atoms with van der Waals surface area (Å²) < 4.78 is 5.14. The van der Waals surface area contributed by atoms with Gasteiger partial charge in [-0.15, -0.1) is 0 Å². The molecule has 0 bridgehead atoms. The highest BCUT2D eigenvalue weighted by molar-refractivity contribution is 6.05. The van der Waals surface area contributed by atoms with Gasteiger partial charge in [-0.2, -0.15) is 0 Å². The van der Waals surface area contributed by atoms with E-state index in [1.54, 1.807) is 37.4 Å². The van der Waals surface area contributed by atoms with Gasteiger partial charge in [0.1, 0.15) is 11.5 Å². The number of ether oxygens (including phenoxy) is 1. The molecule has 92 valence electrons. The van der Waals surface area contributed by atoms with Crippen LogP contribution in [0.1, 0.15) is 10.4 Å². The number of carbonyl (C=O) groups is 1. The lowest BCUT2D eigenvalue weighted by Gasteiger charge is -2.09. The summed E-state index contributed by atoms with van der Waals surface area (Å²) in [6.45, 7) is 0. The highest BCUT2D eigenvalue weighted by atomic mass is 16.5. The van der Waals surface area contributed by atoms with Gasteiger partial charge in [0, 0.05) is 5.56 Å². The maximum absolute atomic E-state index is 12.0. The van der Waals surface area contributed by atoms with Gasteiger partial charge in [-0.05, 0) is 30.3 Å². The lowest BCUT2D eigenvalue weighted by molar-refractivity contribution is 0.102. The smallest absolute Gasteiger partial charge is 0.255 e. The van der Waals surface area contributed by atoms with E-state index in [0.717, 1.165) is 0 Å². The van der Waals surface area contributed by atoms with Crippen molar-refractivity contribution in [2.75, 3.05) is 12.4 Å². The van der Waals surface area contributed by atoms with Crippen LogP contribution in [0.25, 0.3) is 0 Å². The Morgan fingerprint density at radius 3 is 2.67 bits per heavy atom. The third-order valence-corrected chi connectivity index (χ3v) is 2.46. The number of phenolic OH excluding ortho intramolecular Hbond substituents is 1. The fourth-order valence-corrected chi connectivity index (χ4v) is 1.59. The minimum absolute atomic E-state index is 0.0580. The Balaban J connectivity index is 2.21. The van der Waals surface area contributed by atoms with Crippen molar-refractivity contribution in [3.8, 4) is 11.5 Å². The molecule has 18 heavy (non-hydrogen) atoms. The molecule has 2 N–H and O–H groups in total. The number of nitrogens with one attached hydrogen (secondary N) is 1. The molecule has 0 radical (unpaired) electrons. The van der Waals surface area contributed by atoms with Gasteiger partial charge >= 0.3 is 0 Å². The van der Waals surface area contributed by atoms with E-state index < -0.39 is 0 Å². The Labute approximate surface area is 105 Å². The fraction of sp³-hybridized carbons (Fsp3) is 0.0714. The van der Waals surface area contributed by atoms with Crippen molar-refractivity contribution < 1.29 is 14.6 Å². The Morgan fingerprint density at radius 2 is 1.94 bits per heavy atom. The van der Waals surface area contributed by atoms with Crippen LogP contribution in [0.4, 0.5) is 5.69 Å². The quantitative estimate of drug-likeness (QED) is 0.871. The van der Waals surface area contributed by atoms with Gasteiger partial charge < -0.3 is 15.2 Å². The third-order valence-electron chi connectivity index (χ3n) is 2.46. The van der Waals surface area contributed by atoms with Gasteiger partial charge in [-0.1, -0.05) is 18.2 Å². The number of carbonyl (C=O) groups excluding carboxylic acids is 1. The lowest BCUT2D eigenvalue weighted by atomic mass is 10.2. The molecule has 0 aliphatic carbocycles. The predicted molar refractivity (Wildman–Crippen MR) is 69.1 cm³/mol. The summed E-state index contributed by atoms with van der Waals surface area (Å²) in [5.74, 6) is 0.351. The molecule has 0 unspecified atom stereocenters. The molecule has 0 aliphatic heterocycles. The summed E-state index contributed by atoms with van der Waals surface area (Å²) in [4.78, 5) is 12.0. The molecule has 0 heterocycles. The van der Waals surface area contributed by atoms with E-state index in [9.17, 15) is 9.90 Å². The molecular formula is C14H13NO3. The highest BCUT2D eigenvalue weighted by Gasteiger charge is 2.09. The van der Waals surface area contributed by atoms with Crippen LogP contribution < -0.4 is 10.1 Å². The van der Waals surface area contributed by atoms with E-state index in [2.05, 4.69) is 5.32 Å². The van der Waals surface area contributed by atoms with Gasteiger partial charge in [0.15, 0.2) is 0 Å². The van der Waals surface area contributed by atoms with Crippen molar-refractivity contribution in [3.63, 3.8) is 0 Å². The van der Waals surface area contributed by atoms with Crippen molar-refractivity contribution in [2.45, 2.75) is 0 Å². The maximum atomic E-state index is 12.0. The van der Waals surface area contributed by atoms with Crippen molar-refractivity contribution >= 4 is 11.6 Å². The van der Waals surface area contributed by atoms with Crippen LogP contribution in [-0.4, -0.2) is 18.1 Å². The summed E-state index contributed by atoms with van der Waals surface area (Å²) in [6.07, 6.45) is 0. The van der Waals surface area contributed by atoms with E-state index in [1.807, 2.05) is 6.07 Å². The fourth-order valence-electron chi connectivity index (χ4n) is 1.59. The van der Waals surface area contributed by atoms with Crippen LogP contribution in [-0.2, 0) is 0 Å². The number of methoxy groups -OCH3 is 1. The summed E-state index contributed by atoms with van der Waals surface area (Å²) in [7, 11) is 1.54. The van der Waals surface area contributed by atoms with Crippen molar-refractivity contribution in [1.29, 1.82) is 0 Å². The first-order chi connectivity index (χ1) is 8.70. The number of benzene rings is 2. The van der Waals surface area contributed by atoms with Crippen LogP contribution in [0, 0.1) is 0 Å². The summed E-state index contributed by atoms with van der Waals surface area (Å²) >= 11 is 0. The summed E-state index contributed by atoms with van der Waals surface area (Å²) in [6, 6.07) is 13.3. The van der Waals surface area contributed by atoms with Crippen molar-refractivity contribution in [2.24, 2.45) is 0 Å². The average Bonchev–Trinajstić information content (AvgIpc) is 2.39. The molecule has 1 amide bonds. The van der Waals surface area contributed by atoms with Gasteiger partial charge in [0.2, 0.25) is 0 Å². The first-order valence-corrected chi connectivity index (χ1v) is 5.44. The topological polar surface area (TPSA) is 58.6 Å². The first kappa shape index (κ1) is 12.0. The number of amides is 1. The molecule has 2 aromatic rings. The first-order valence-electron chi connectivity index (χ1n) is 5.44. The minimum atomic E-state index is -0.296. The maximum Gasteiger partial charge on any atom is 0.255 e. The van der Waals surface area contributed by atoms with Crippen LogP contribution in [0.2, 0.25) is 0 Å². The van der Waals surface area contributed by atoms with E-state index in [4.69, 9.17) is 4.74 Å². The van der Waals surface area contributed by atoms with E-state index in [1.165, 1.54) is 12.1 Å². The zero-order valence-electron chi connectivity index (χ0n) is 9.88. The molecule has 0 saturated carbocycles. The second-order valence-electron chi connectivity index (χ2n) is 3.70. The van der Waals surface area contributed by atoms with Crippen molar-refractivity contribution in [3.05, 3.63) is 54.1 Å². The van der Waals surface area contributed by atoms with E-state index in [-0.39, 0.29) is 11.7 Å². The van der Waals surface area contributed by atoms with Crippen LogP contribution in [0.5, 0.6) is 11.5 Å². The average molecular weight is 243 g/mol. The Morgan fingerprint density at radius 1 is 1.17 bits per heavy atom. The molecule has 2 rings (SSSR count). The second kappa shape index (κ2) is 5.23. The van der Waals surface area contributed by atoms with E-state index >= 15 is 0 Å². The molecule has 0 atom stereocenters. The number of aromatic hydroxyl groups is 1. The molecular weight excluding hydrogens is 230 g/mol.